The van der Waals surface area contributed by atoms with Gasteiger partial charge in [0.15, 0.2) is 0 Å². The lowest BCUT2D eigenvalue weighted by molar-refractivity contribution is -0.120. The van der Waals surface area contributed by atoms with Crippen LogP contribution in [0.3, 0.4) is 0 Å². The van der Waals surface area contributed by atoms with Gasteiger partial charge in [-0.2, -0.15) is 0 Å². The summed E-state index contributed by atoms with van der Waals surface area (Å²) in [5.74, 6) is 0.496. The molecular formula is C18H25Cl2N3O2. The monoisotopic (exact) mass is 385 g/mol. The average Bonchev–Trinajstić information content (AvgIpc) is 3.28. The second-order valence-corrected chi connectivity index (χ2v) is 7.30. The third-order valence-corrected chi connectivity index (χ3v) is 5.27. The van der Waals surface area contributed by atoms with Crippen molar-refractivity contribution in [2.24, 2.45) is 23.5 Å². The number of carbonyl (C=O) groups excluding carboxylic acids is 2. The molecule has 0 aromatic heterocycles. The van der Waals surface area contributed by atoms with Crippen molar-refractivity contribution >= 4 is 41.5 Å². The molecule has 1 aromatic rings. The third kappa shape index (κ3) is 5.09. The van der Waals surface area contributed by atoms with Crippen LogP contribution in [-0.2, 0) is 4.79 Å². The lowest BCUT2D eigenvalue weighted by atomic mass is 9.95. The Morgan fingerprint density at radius 2 is 1.96 bits per heavy atom. The van der Waals surface area contributed by atoms with Crippen molar-refractivity contribution < 1.29 is 9.59 Å². The molecule has 4 N–H and O–H groups in total. The predicted octanol–water partition coefficient (Wildman–Crippen LogP) is 3.22. The molecular weight excluding hydrogens is 361 g/mol. The second-order valence-electron chi connectivity index (χ2n) is 6.87. The zero-order valence-corrected chi connectivity index (χ0v) is 15.7. The number of nitrogens with one attached hydrogen (secondary N) is 2. The van der Waals surface area contributed by atoms with Crippen LogP contribution in [0.2, 0.25) is 5.02 Å². The van der Waals surface area contributed by atoms with Crippen molar-refractivity contribution in [3.8, 4) is 0 Å². The van der Waals surface area contributed by atoms with Gasteiger partial charge in [0.25, 0.3) is 5.91 Å². The molecule has 2 fully saturated rings. The number of halogens is 2. The molecule has 25 heavy (non-hydrogen) atoms. The zero-order valence-electron chi connectivity index (χ0n) is 14.1. The first kappa shape index (κ1) is 20.0. The summed E-state index contributed by atoms with van der Waals surface area (Å²) in [5.41, 5.74) is 6.70. The van der Waals surface area contributed by atoms with E-state index >= 15 is 0 Å². The molecule has 2 atom stereocenters. The summed E-state index contributed by atoms with van der Waals surface area (Å²) in [6, 6.07) is 4.98. The van der Waals surface area contributed by atoms with Crippen molar-refractivity contribution in [3.05, 3.63) is 28.8 Å². The van der Waals surface area contributed by atoms with E-state index < -0.39 is 0 Å². The molecule has 0 bridgehead atoms. The highest BCUT2D eigenvalue weighted by Gasteiger charge is 2.32. The molecule has 5 nitrogen and oxygen atoms in total. The molecule has 0 aliphatic heterocycles. The molecule has 0 radical (unpaired) electrons. The fourth-order valence-electron chi connectivity index (χ4n) is 3.36. The van der Waals surface area contributed by atoms with Crippen molar-refractivity contribution in [2.45, 2.75) is 32.1 Å². The van der Waals surface area contributed by atoms with Gasteiger partial charge in [-0.25, -0.2) is 0 Å². The van der Waals surface area contributed by atoms with Gasteiger partial charge in [-0.15, -0.1) is 12.4 Å². The van der Waals surface area contributed by atoms with Crippen LogP contribution in [0.5, 0.6) is 0 Å². The Balaban J connectivity index is 0.00000225. The van der Waals surface area contributed by atoms with Gasteiger partial charge in [-0.1, -0.05) is 18.0 Å². The number of carbonyl (C=O) groups is 2. The maximum absolute atomic E-state index is 12.6. The molecule has 0 unspecified atom stereocenters. The highest BCUT2D eigenvalue weighted by molar-refractivity contribution is 6.31. The van der Waals surface area contributed by atoms with Gasteiger partial charge in [-0.3, -0.25) is 9.59 Å². The van der Waals surface area contributed by atoms with Gasteiger partial charge in [0.05, 0.1) is 11.3 Å². The summed E-state index contributed by atoms with van der Waals surface area (Å²) in [5, 5.41) is 6.31. The predicted molar refractivity (Wildman–Crippen MR) is 102 cm³/mol. The summed E-state index contributed by atoms with van der Waals surface area (Å²) in [4.78, 5) is 25.0. The van der Waals surface area contributed by atoms with Crippen LogP contribution in [-0.4, -0.2) is 24.9 Å². The van der Waals surface area contributed by atoms with Crippen LogP contribution in [0.25, 0.3) is 0 Å². The molecule has 2 saturated carbocycles. The van der Waals surface area contributed by atoms with Crippen LogP contribution in [0.1, 0.15) is 42.5 Å². The first-order valence-corrected chi connectivity index (χ1v) is 9.05. The molecule has 1 aromatic carbocycles. The van der Waals surface area contributed by atoms with Crippen molar-refractivity contribution in [1.82, 2.24) is 5.32 Å². The maximum atomic E-state index is 12.6. The Kier molecular flexibility index (Phi) is 7.11. The van der Waals surface area contributed by atoms with E-state index in [0.717, 1.165) is 19.3 Å². The summed E-state index contributed by atoms with van der Waals surface area (Å²) in [6.07, 6.45) is 5.20. The van der Waals surface area contributed by atoms with Crippen LogP contribution in [0, 0.1) is 17.8 Å². The van der Waals surface area contributed by atoms with Crippen LogP contribution >= 0.6 is 24.0 Å². The van der Waals surface area contributed by atoms with Gasteiger partial charge in [0, 0.05) is 17.5 Å². The average molecular weight is 386 g/mol. The van der Waals surface area contributed by atoms with E-state index in [-0.39, 0.29) is 36.1 Å². The standard InChI is InChI=1S/C18H24ClN3O2.ClH/c19-13-6-7-16(15(8-13)17(23)21-10-11-4-5-11)22-18(24)14-3-1-2-12(14)9-20;/h6-8,11-12,14H,1-5,9-10,20H2,(H,21,23)(H,22,24);1H/t12-,14-;/m1./s1. The number of benzene rings is 1. The van der Waals surface area contributed by atoms with Crippen molar-refractivity contribution in [1.29, 1.82) is 0 Å². The molecule has 2 amide bonds. The van der Waals surface area contributed by atoms with E-state index in [1.807, 2.05) is 0 Å². The Hall–Kier alpha value is -1.30. The van der Waals surface area contributed by atoms with E-state index in [1.54, 1.807) is 18.2 Å². The minimum absolute atomic E-state index is 0. The Morgan fingerprint density at radius 1 is 1.20 bits per heavy atom. The summed E-state index contributed by atoms with van der Waals surface area (Å²) >= 11 is 6.04. The maximum Gasteiger partial charge on any atom is 0.253 e. The quantitative estimate of drug-likeness (QED) is 0.702. The molecule has 2 aliphatic rings. The van der Waals surface area contributed by atoms with E-state index in [4.69, 9.17) is 17.3 Å². The molecule has 3 rings (SSSR count). The number of hydrogen-bond acceptors (Lipinski definition) is 3. The van der Waals surface area contributed by atoms with Crippen LogP contribution in [0.4, 0.5) is 5.69 Å². The topological polar surface area (TPSA) is 84.2 Å². The smallest absolute Gasteiger partial charge is 0.253 e. The molecule has 0 saturated heterocycles. The minimum Gasteiger partial charge on any atom is -0.352 e. The number of anilines is 1. The molecule has 7 heteroatoms. The highest BCUT2D eigenvalue weighted by Crippen LogP contribution is 2.32. The number of hydrogen-bond donors (Lipinski definition) is 3. The van der Waals surface area contributed by atoms with Gasteiger partial charge in [-0.05, 0) is 62.3 Å². The molecule has 0 heterocycles. The first-order chi connectivity index (χ1) is 11.6. The first-order valence-electron chi connectivity index (χ1n) is 8.67. The Labute approximate surface area is 159 Å². The number of amides is 2. The van der Waals surface area contributed by atoms with Gasteiger partial charge in [0.2, 0.25) is 5.91 Å². The fraction of sp³-hybridized carbons (Fsp3) is 0.556. The zero-order chi connectivity index (χ0) is 17.1. The molecule has 2 aliphatic carbocycles. The number of nitrogens with two attached hydrogens (primary N) is 1. The second kappa shape index (κ2) is 8.88. The summed E-state index contributed by atoms with van der Waals surface area (Å²) < 4.78 is 0. The van der Waals surface area contributed by atoms with Crippen molar-refractivity contribution in [2.75, 3.05) is 18.4 Å². The summed E-state index contributed by atoms with van der Waals surface area (Å²) in [6.45, 7) is 1.20. The Bertz CT molecular complexity index is 635. The fourth-order valence-corrected chi connectivity index (χ4v) is 3.53. The van der Waals surface area contributed by atoms with E-state index in [2.05, 4.69) is 10.6 Å². The lowest BCUT2D eigenvalue weighted by Gasteiger charge is -2.19. The normalized spacial score (nSPS) is 22.2. The lowest BCUT2D eigenvalue weighted by Crippen LogP contribution is -2.31. The minimum atomic E-state index is -0.193. The van der Waals surface area contributed by atoms with E-state index in [0.29, 0.717) is 35.3 Å². The highest BCUT2D eigenvalue weighted by atomic mass is 35.5. The Morgan fingerprint density at radius 3 is 2.64 bits per heavy atom. The van der Waals surface area contributed by atoms with Crippen LogP contribution < -0.4 is 16.4 Å². The largest absolute Gasteiger partial charge is 0.352 e. The third-order valence-electron chi connectivity index (χ3n) is 5.03. The van der Waals surface area contributed by atoms with E-state index in [9.17, 15) is 9.59 Å². The van der Waals surface area contributed by atoms with Gasteiger partial charge < -0.3 is 16.4 Å². The summed E-state index contributed by atoms with van der Waals surface area (Å²) in [7, 11) is 0. The van der Waals surface area contributed by atoms with E-state index in [1.165, 1.54) is 12.8 Å². The molecule has 138 valence electrons. The van der Waals surface area contributed by atoms with Crippen molar-refractivity contribution in [3.63, 3.8) is 0 Å². The van der Waals surface area contributed by atoms with Crippen LogP contribution in [0.15, 0.2) is 18.2 Å². The SMILES string of the molecule is Cl.NC[C@H]1CCC[C@H]1C(=O)Nc1ccc(Cl)cc1C(=O)NCC1CC1. The number of rotatable bonds is 6. The van der Waals surface area contributed by atoms with Gasteiger partial charge in [0.1, 0.15) is 0 Å². The molecule has 0 spiro atoms. The van der Waals surface area contributed by atoms with Gasteiger partial charge >= 0.3 is 0 Å².